The van der Waals surface area contributed by atoms with Crippen molar-refractivity contribution >= 4 is 28.5 Å². The second-order valence-corrected chi connectivity index (χ2v) is 7.58. The molecule has 1 unspecified atom stereocenters. The van der Waals surface area contributed by atoms with E-state index < -0.39 is 5.97 Å². The molecule has 0 bridgehead atoms. The summed E-state index contributed by atoms with van der Waals surface area (Å²) in [5, 5.41) is 26.3. The Morgan fingerprint density at radius 3 is 2.70 bits per heavy atom. The summed E-state index contributed by atoms with van der Waals surface area (Å²) in [6.45, 7) is 2.22. The number of anilines is 2. The van der Waals surface area contributed by atoms with Crippen LogP contribution in [0.2, 0.25) is 0 Å². The second-order valence-electron chi connectivity index (χ2n) is 7.58. The van der Waals surface area contributed by atoms with E-state index in [1.165, 1.54) is 0 Å². The second kappa shape index (κ2) is 11.3. The van der Waals surface area contributed by atoms with Crippen LogP contribution in [0.15, 0.2) is 36.5 Å². The Morgan fingerprint density at radius 1 is 1.21 bits per heavy atom. The summed E-state index contributed by atoms with van der Waals surface area (Å²) in [5.41, 5.74) is 2.11. The summed E-state index contributed by atoms with van der Waals surface area (Å²) in [6, 6.07) is 8.64. The number of carboxylic acids is 1. The van der Waals surface area contributed by atoms with Gasteiger partial charge in [-0.15, -0.1) is 0 Å². The Kier molecular flexibility index (Phi) is 8.26. The first-order valence-electron chi connectivity index (χ1n) is 10.9. The van der Waals surface area contributed by atoms with Crippen LogP contribution in [-0.4, -0.2) is 53.0 Å². The molecular weight excluding hydrogens is 424 g/mol. The molecule has 176 valence electrons. The summed E-state index contributed by atoms with van der Waals surface area (Å²) < 4.78 is 10.7. The van der Waals surface area contributed by atoms with Crippen LogP contribution >= 0.6 is 0 Å². The van der Waals surface area contributed by atoms with Crippen molar-refractivity contribution in [2.45, 2.75) is 38.8 Å². The number of pyridine rings is 2. The predicted octanol–water partition coefficient (Wildman–Crippen LogP) is 3.92. The van der Waals surface area contributed by atoms with E-state index in [1.54, 1.807) is 38.6 Å². The number of methoxy groups -OCH3 is 2. The van der Waals surface area contributed by atoms with Crippen molar-refractivity contribution in [2.24, 2.45) is 0 Å². The van der Waals surface area contributed by atoms with E-state index in [0.29, 0.717) is 34.6 Å². The van der Waals surface area contributed by atoms with Gasteiger partial charge in [0.1, 0.15) is 28.4 Å². The highest BCUT2D eigenvalue weighted by Crippen LogP contribution is 2.32. The molecule has 2 heterocycles. The minimum atomic E-state index is -1.14. The van der Waals surface area contributed by atoms with E-state index >= 15 is 0 Å². The Balaban J connectivity index is 2.03. The molecular formula is C24H30N4O5. The van der Waals surface area contributed by atoms with E-state index in [4.69, 9.17) is 9.47 Å². The van der Waals surface area contributed by atoms with Gasteiger partial charge in [-0.2, -0.15) is 0 Å². The molecule has 0 spiro atoms. The predicted molar refractivity (Wildman–Crippen MR) is 127 cm³/mol. The molecule has 4 N–H and O–H groups in total. The van der Waals surface area contributed by atoms with Crippen molar-refractivity contribution < 1.29 is 24.5 Å². The quantitative estimate of drug-likeness (QED) is 0.322. The Hall–Kier alpha value is -3.59. The van der Waals surface area contributed by atoms with Crippen molar-refractivity contribution in [3.8, 4) is 11.5 Å². The van der Waals surface area contributed by atoms with Crippen molar-refractivity contribution in [1.29, 1.82) is 0 Å². The first kappa shape index (κ1) is 24.1. The highest BCUT2D eigenvalue weighted by molar-refractivity contribution is 6.07. The van der Waals surface area contributed by atoms with Gasteiger partial charge in [0.15, 0.2) is 0 Å². The summed E-state index contributed by atoms with van der Waals surface area (Å²) in [4.78, 5) is 21.2. The molecule has 33 heavy (non-hydrogen) atoms. The number of aliphatic hydroxyl groups is 1. The Labute approximate surface area is 192 Å². The molecule has 0 fully saturated rings. The number of ether oxygens (including phenoxy) is 2. The maximum atomic E-state index is 12.3. The molecule has 0 aliphatic rings. The minimum absolute atomic E-state index is 0.0244. The molecule has 3 aromatic rings. The lowest BCUT2D eigenvalue weighted by atomic mass is 10.1. The highest BCUT2D eigenvalue weighted by Gasteiger charge is 2.24. The SMILES string of the molecule is CCCCC(CO)Nc1c(C(=O)O)c(NCc2ccc(OC)cc2OC)nc2cccnc12. The third kappa shape index (κ3) is 5.61. The molecule has 0 amide bonds. The normalized spacial score (nSPS) is 11.8. The van der Waals surface area contributed by atoms with Crippen molar-refractivity contribution in [2.75, 3.05) is 31.5 Å². The maximum absolute atomic E-state index is 12.3. The zero-order valence-electron chi connectivity index (χ0n) is 19.1. The first-order chi connectivity index (χ1) is 16.0. The lowest BCUT2D eigenvalue weighted by molar-refractivity contribution is 0.0698. The minimum Gasteiger partial charge on any atom is -0.497 e. The van der Waals surface area contributed by atoms with Crippen LogP contribution < -0.4 is 20.1 Å². The van der Waals surface area contributed by atoms with Crippen LogP contribution in [0.25, 0.3) is 11.0 Å². The number of carbonyl (C=O) groups is 1. The average Bonchev–Trinajstić information content (AvgIpc) is 2.84. The van der Waals surface area contributed by atoms with Crippen LogP contribution in [-0.2, 0) is 6.54 Å². The van der Waals surface area contributed by atoms with Gasteiger partial charge in [-0.3, -0.25) is 4.98 Å². The summed E-state index contributed by atoms with van der Waals surface area (Å²) in [7, 11) is 3.14. The summed E-state index contributed by atoms with van der Waals surface area (Å²) in [5.74, 6) is 0.328. The van der Waals surface area contributed by atoms with E-state index in [9.17, 15) is 15.0 Å². The Morgan fingerprint density at radius 2 is 2.03 bits per heavy atom. The number of hydrogen-bond acceptors (Lipinski definition) is 8. The number of fused-ring (bicyclic) bond motifs is 1. The van der Waals surface area contributed by atoms with E-state index in [0.717, 1.165) is 18.4 Å². The largest absolute Gasteiger partial charge is 0.497 e. The van der Waals surface area contributed by atoms with Crippen molar-refractivity contribution in [3.05, 3.63) is 47.7 Å². The number of nitrogens with zero attached hydrogens (tertiary/aromatic N) is 2. The average molecular weight is 455 g/mol. The fourth-order valence-corrected chi connectivity index (χ4v) is 3.61. The monoisotopic (exact) mass is 454 g/mol. The molecule has 9 heteroatoms. The molecule has 0 aliphatic carbocycles. The lowest BCUT2D eigenvalue weighted by Gasteiger charge is -2.21. The highest BCUT2D eigenvalue weighted by atomic mass is 16.5. The van der Waals surface area contributed by atoms with E-state index in [-0.39, 0.29) is 30.6 Å². The van der Waals surface area contributed by atoms with Crippen LogP contribution in [0.3, 0.4) is 0 Å². The number of aromatic nitrogens is 2. The fourth-order valence-electron chi connectivity index (χ4n) is 3.61. The number of benzene rings is 1. The molecule has 1 atom stereocenters. The number of hydrogen-bond donors (Lipinski definition) is 4. The molecule has 1 aromatic carbocycles. The molecule has 2 aromatic heterocycles. The smallest absolute Gasteiger partial charge is 0.341 e. The molecule has 0 aliphatic heterocycles. The van der Waals surface area contributed by atoms with E-state index in [1.807, 2.05) is 12.1 Å². The molecule has 0 saturated carbocycles. The van der Waals surface area contributed by atoms with Gasteiger partial charge >= 0.3 is 5.97 Å². The van der Waals surface area contributed by atoms with Gasteiger partial charge < -0.3 is 30.3 Å². The standard InChI is InChI=1S/C24H30N4O5/c1-4-5-7-16(14-29)27-22-20(24(30)31)23(28-18-8-6-11-25-21(18)22)26-13-15-9-10-17(32-2)12-19(15)33-3/h6,8-12,16,29H,4-5,7,13-14H2,1-3H3,(H,30,31)(H2,26,27,28). The zero-order valence-corrected chi connectivity index (χ0v) is 19.1. The van der Waals surface area contributed by atoms with Gasteiger partial charge in [0.2, 0.25) is 0 Å². The number of aliphatic hydroxyl groups excluding tert-OH is 1. The topological polar surface area (TPSA) is 126 Å². The van der Waals surface area contributed by atoms with Gasteiger partial charge in [-0.25, -0.2) is 9.78 Å². The summed E-state index contributed by atoms with van der Waals surface area (Å²) >= 11 is 0. The number of unbranched alkanes of at least 4 members (excludes halogenated alkanes) is 1. The third-order valence-corrected chi connectivity index (χ3v) is 5.37. The van der Waals surface area contributed by atoms with Crippen LogP contribution in [0.5, 0.6) is 11.5 Å². The van der Waals surface area contributed by atoms with Crippen molar-refractivity contribution in [3.63, 3.8) is 0 Å². The lowest BCUT2D eigenvalue weighted by Crippen LogP contribution is -2.26. The summed E-state index contributed by atoms with van der Waals surface area (Å²) in [6.07, 6.45) is 4.17. The maximum Gasteiger partial charge on any atom is 0.341 e. The number of nitrogens with one attached hydrogen (secondary N) is 2. The van der Waals surface area contributed by atoms with Crippen molar-refractivity contribution in [1.82, 2.24) is 9.97 Å². The zero-order chi connectivity index (χ0) is 23.8. The third-order valence-electron chi connectivity index (χ3n) is 5.37. The molecule has 0 saturated heterocycles. The van der Waals surface area contributed by atoms with Gasteiger partial charge in [-0.1, -0.05) is 19.8 Å². The Bertz CT molecular complexity index is 1110. The number of carboxylic acid groups (broad SMARTS) is 1. The number of aromatic carboxylic acids is 1. The molecule has 3 rings (SSSR count). The van der Waals surface area contributed by atoms with Gasteiger partial charge in [0.25, 0.3) is 0 Å². The van der Waals surface area contributed by atoms with E-state index in [2.05, 4.69) is 27.5 Å². The van der Waals surface area contributed by atoms with Crippen LogP contribution in [0.1, 0.15) is 42.1 Å². The van der Waals surface area contributed by atoms with Gasteiger partial charge in [0.05, 0.1) is 32.0 Å². The van der Waals surface area contributed by atoms with Crippen LogP contribution in [0, 0.1) is 0 Å². The van der Waals surface area contributed by atoms with Gasteiger partial charge in [-0.05, 0) is 30.7 Å². The number of rotatable bonds is 12. The molecule has 9 nitrogen and oxygen atoms in total. The molecule has 0 radical (unpaired) electrons. The first-order valence-corrected chi connectivity index (χ1v) is 10.9. The van der Waals surface area contributed by atoms with Crippen LogP contribution in [0.4, 0.5) is 11.5 Å². The van der Waals surface area contributed by atoms with Gasteiger partial charge in [0, 0.05) is 30.4 Å². The fraction of sp³-hybridized carbons (Fsp3) is 0.375.